The SMILES string of the molecule is Cc1cc(C)c(NNC2=[NH+]CCC2)c(C)c1.[Cl-]. The second kappa shape index (κ2) is 5.92. The molecule has 0 aromatic heterocycles. The van der Waals surface area contributed by atoms with Crippen LogP contribution in [-0.4, -0.2) is 12.4 Å². The molecule has 3 N–H and O–H groups in total. The molecule has 94 valence electrons. The lowest BCUT2D eigenvalue weighted by Gasteiger charge is -2.11. The van der Waals surface area contributed by atoms with Gasteiger partial charge in [0.1, 0.15) is 0 Å². The van der Waals surface area contributed by atoms with Crippen molar-refractivity contribution in [3.63, 3.8) is 0 Å². The number of benzene rings is 1. The van der Waals surface area contributed by atoms with Gasteiger partial charge in [-0.25, -0.2) is 5.43 Å². The van der Waals surface area contributed by atoms with E-state index < -0.39 is 0 Å². The molecule has 0 radical (unpaired) electrons. The molecule has 1 aliphatic rings. The molecule has 0 spiro atoms. The summed E-state index contributed by atoms with van der Waals surface area (Å²) in [5.74, 6) is 1.19. The predicted octanol–water partition coefficient (Wildman–Crippen LogP) is -2.19. The lowest BCUT2D eigenvalue weighted by molar-refractivity contribution is -0.449. The fourth-order valence-electron chi connectivity index (χ4n) is 2.21. The first-order valence-electron chi connectivity index (χ1n) is 5.86. The van der Waals surface area contributed by atoms with Crippen molar-refractivity contribution in [3.8, 4) is 0 Å². The monoisotopic (exact) mass is 253 g/mol. The maximum Gasteiger partial charge on any atom is 0.265 e. The van der Waals surface area contributed by atoms with Crippen LogP contribution in [0.25, 0.3) is 0 Å². The largest absolute Gasteiger partial charge is 1.00 e. The molecule has 2 rings (SSSR count). The first-order valence-corrected chi connectivity index (χ1v) is 5.86. The van der Waals surface area contributed by atoms with E-state index in [4.69, 9.17) is 0 Å². The van der Waals surface area contributed by atoms with Gasteiger partial charge in [-0.2, -0.15) is 5.43 Å². The number of rotatable bonds is 2. The average molecular weight is 254 g/mol. The van der Waals surface area contributed by atoms with Gasteiger partial charge in [0, 0.05) is 0 Å². The summed E-state index contributed by atoms with van der Waals surface area (Å²) < 4.78 is 0. The first-order chi connectivity index (χ1) is 7.66. The van der Waals surface area contributed by atoms with Crippen LogP contribution in [0.3, 0.4) is 0 Å². The molecule has 0 unspecified atom stereocenters. The molecular weight excluding hydrogens is 234 g/mol. The van der Waals surface area contributed by atoms with Gasteiger partial charge in [0.2, 0.25) is 0 Å². The summed E-state index contributed by atoms with van der Waals surface area (Å²) in [4.78, 5) is 3.32. The van der Waals surface area contributed by atoms with Crippen molar-refractivity contribution in [1.29, 1.82) is 0 Å². The van der Waals surface area contributed by atoms with Gasteiger partial charge >= 0.3 is 0 Å². The highest BCUT2D eigenvalue weighted by molar-refractivity contribution is 5.79. The van der Waals surface area contributed by atoms with Gasteiger partial charge in [0.25, 0.3) is 5.84 Å². The van der Waals surface area contributed by atoms with Crippen molar-refractivity contribution in [2.45, 2.75) is 33.6 Å². The van der Waals surface area contributed by atoms with Gasteiger partial charge in [-0.15, -0.1) is 0 Å². The van der Waals surface area contributed by atoms with Gasteiger partial charge in [-0.05, 0) is 38.3 Å². The predicted molar refractivity (Wildman–Crippen MR) is 67.5 cm³/mol. The zero-order chi connectivity index (χ0) is 11.5. The van der Waals surface area contributed by atoms with Crippen LogP contribution in [0, 0.1) is 20.8 Å². The summed E-state index contributed by atoms with van der Waals surface area (Å²) in [6, 6.07) is 4.40. The molecule has 0 aliphatic carbocycles. The smallest absolute Gasteiger partial charge is 0.265 e. The third-order valence-corrected chi connectivity index (χ3v) is 2.96. The van der Waals surface area contributed by atoms with Crippen LogP contribution in [0.15, 0.2) is 12.1 Å². The number of hydrazine groups is 1. The fraction of sp³-hybridized carbons (Fsp3) is 0.462. The Morgan fingerprint density at radius 1 is 1.06 bits per heavy atom. The third kappa shape index (κ3) is 3.37. The molecule has 1 heterocycles. The molecule has 0 amide bonds. The minimum Gasteiger partial charge on any atom is -1.00 e. The van der Waals surface area contributed by atoms with Crippen LogP contribution in [0.4, 0.5) is 5.69 Å². The van der Waals surface area contributed by atoms with Crippen LogP contribution < -0.4 is 28.3 Å². The van der Waals surface area contributed by atoms with Crippen molar-refractivity contribution < 1.29 is 17.4 Å². The zero-order valence-corrected chi connectivity index (χ0v) is 11.4. The number of nitrogens with one attached hydrogen (secondary N) is 3. The van der Waals surface area contributed by atoms with Crippen LogP contribution in [0.5, 0.6) is 0 Å². The Labute approximate surface area is 109 Å². The number of halogens is 1. The van der Waals surface area contributed by atoms with Crippen molar-refractivity contribution in [2.75, 3.05) is 12.0 Å². The van der Waals surface area contributed by atoms with Crippen LogP contribution in [0.1, 0.15) is 29.5 Å². The second-order valence-electron chi connectivity index (χ2n) is 4.53. The van der Waals surface area contributed by atoms with E-state index in [-0.39, 0.29) is 12.4 Å². The highest BCUT2D eigenvalue weighted by atomic mass is 35.5. The lowest BCUT2D eigenvalue weighted by Crippen LogP contribution is -3.00. The summed E-state index contributed by atoms with van der Waals surface area (Å²) in [6.07, 6.45) is 2.33. The molecule has 4 heteroatoms. The molecule has 0 bridgehead atoms. The first kappa shape index (κ1) is 13.8. The van der Waals surface area contributed by atoms with E-state index in [9.17, 15) is 0 Å². The van der Waals surface area contributed by atoms with E-state index in [1.165, 1.54) is 34.6 Å². The molecule has 1 aliphatic heterocycles. The Morgan fingerprint density at radius 3 is 2.24 bits per heavy atom. The Bertz CT molecular complexity index is 404. The van der Waals surface area contributed by atoms with Crippen molar-refractivity contribution in [1.82, 2.24) is 5.43 Å². The molecule has 0 atom stereocenters. The van der Waals surface area contributed by atoms with Crippen LogP contribution >= 0.6 is 0 Å². The Hall–Kier alpha value is -1.22. The quantitative estimate of drug-likeness (QED) is 0.524. The van der Waals surface area contributed by atoms with Gasteiger partial charge in [0.15, 0.2) is 0 Å². The molecule has 1 aromatic rings. The van der Waals surface area contributed by atoms with E-state index in [0.29, 0.717) is 0 Å². The Balaban J connectivity index is 0.00000144. The summed E-state index contributed by atoms with van der Waals surface area (Å²) in [6.45, 7) is 7.48. The normalized spacial score (nSPS) is 13.9. The minimum absolute atomic E-state index is 0. The van der Waals surface area contributed by atoms with E-state index in [2.05, 4.69) is 48.7 Å². The van der Waals surface area contributed by atoms with Crippen molar-refractivity contribution in [2.24, 2.45) is 0 Å². The van der Waals surface area contributed by atoms with Crippen LogP contribution in [-0.2, 0) is 0 Å². The standard InChI is InChI=1S/C13H19N3.ClH/c1-9-7-10(2)13(11(3)8-9)16-15-12-5-4-6-14-12;/h7-8,16H,4-6H2,1-3H3,(H,14,15);1H. The Morgan fingerprint density at radius 2 is 1.71 bits per heavy atom. The van der Waals surface area contributed by atoms with Gasteiger partial charge in [-0.1, -0.05) is 17.7 Å². The lowest BCUT2D eigenvalue weighted by atomic mass is 10.1. The van der Waals surface area contributed by atoms with Gasteiger partial charge < -0.3 is 12.4 Å². The molecule has 0 fully saturated rings. The molecule has 3 nitrogen and oxygen atoms in total. The zero-order valence-electron chi connectivity index (χ0n) is 10.7. The maximum atomic E-state index is 3.32. The highest BCUT2D eigenvalue weighted by Crippen LogP contribution is 2.20. The van der Waals surface area contributed by atoms with Crippen molar-refractivity contribution in [3.05, 3.63) is 28.8 Å². The summed E-state index contributed by atoms with van der Waals surface area (Å²) in [5.41, 5.74) is 11.6. The van der Waals surface area contributed by atoms with E-state index in [0.717, 1.165) is 13.0 Å². The number of hydrogen-bond donors (Lipinski definition) is 3. The van der Waals surface area contributed by atoms with E-state index in [1.54, 1.807) is 0 Å². The minimum atomic E-state index is 0. The number of anilines is 1. The van der Waals surface area contributed by atoms with E-state index in [1.807, 2.05) is 0 Å². The number of hydrogen-bond acceptors (Lipinski definition) is 2. The fourth-order valence-corrected chi connectivity index (χ4v) is 2.21. The topological polar surface area (TPSA) is 38.0 Å². The summed E-state index contributed by atoms with van der Waals surface area (Å²) in [7, 11) is 0. The van der Waals surface area contributed by atoms with Crippen molar-refractivity contribution >= 4 is 11.5 Å². The maximum absolute atomic E-state index is 3.32. The van der Waals surface area contributed by atoms with Gasteiger partial charge in [-0.3, -0.25) is 4.99 Å². The average Bonchev–Trinajstić information content (AvgIpc) is 2.68. The molecule has 0 saturated heterocycles. The highest BCUT2D eigenvalue weighted by Gasteiger charge is 2.13. The summed E-state index contributed by atoms with van der Waals surface area (Å²) in [5, 5.41) is 0. The number of amidine groups is 1. The number of aryl methyl sites for hydroxylation is 3. The molecular formula is C13H20ClN3. The molecule has 17 heavy (non-hydrogen) atoms. The second-order valence-corrected chi connectivity index (χ2v) is 4.53. The third-order valence-electron chi connectivity index (χ3n) is 2.96. The summed E-state index contributed by atoms with van der Waals surface area (Å²) >= 11 is 0. The van der Waals surface area contributed by atoms with Crippen LogP contribution in [0.2, 0.25) is 0 Å². The molecule has 0 saturated carbocycles. The molecule has 1 aromatic carbocycles. The van der Waals surface area contributed by atoms with Gasteiger partial charge in [0.05, 0.1) is 18.7 Å². The Kier molecular flexibility index (Phi) is 4.82. The van der Waals surface area contributed by atoms with E-state index >= 15 is 0 Å².